The van der Waals surface area contributed by atoms with E-state index in [4.69, 9.17) is 10.00 Å². The number of H-pyrrole nitrogens is 1. The third-order valence-electron chi connectivity index (χ3n) is 4.23. The van der Waals surface area contributed by atoms with Gasteiger partial charge in [0.15, 0.2) is 0 Å². The second-order valence-corrected chi connectivity index (χ2v) is 5.90. The van der Waals surface area contributed by atoms with Gasteiger partial charge in [0.1, 0.15) is 18.2 Å². The summed E-state index contributed by atoms with van der Waals surface area (Å²) in [4.78, 5) is 21.7. The number of rotatable bonds is 5. The van der Waals surface area contributed by atoms with Crippen molar-refractivity contribution in [2.75, 3.05) is 19.7 Å². The van der Waals surface area contributed by atoms with Crippen LogP contribution in [0.5, 0.6) is 5.75 Å². The second-order valence-electron chi connectivity index (χ2n) is 5.90. The lowest BCUT2D eigenvalue weighted by Crippen LogP contribution is -2.45. The van der Waals surface area contributed by atoms with E-state index in [9.17, 15) is 4.79 Å². The van der Waals surface area contributed by atoms with E-state index in [-0.39, 0.29) is 12.1 Å². The van der Waals surface area contributed by atoms with Gasteiger partial charge < -0.3 is 19.9 Å². The molecule has 2 heterocycles. The molecule has 0 bridgehead atoms. The Kier molecular flexibility index (Phi) is 5.52. The molecule has 2 amide bonds. The molecule has 0 saturated carbocycles. The number of piperidine rings is 1. The number of nitrogens with zero attached hydrogens (tertiary/aromatic N) is 3. The Balaban J connectivity index is 1.47. The summed E-state index contributed by atoms with van der Waals surface area (Å²) in [5.74, 6) is 1.52. The third kappa shape index (κ3) is 4.29. The molecule has 1 saturated heterocycles. The Morgan fingerprint density at radius 2 is 2.24 bits per heavy atom. The molecule has 25 heavy (non-hydrogen) atoms. The number of imidazole rings is 1. The number of hydrogen-bond donors (Lipinski definition) is 2. The minimum Gasteiger partial charge on any atom is -0.492 e. The first-order valence-corrected chi connectivity index (χ1v) is 8.44. The van der Waals surface area contributed by atoms with Crippen LogP contribution in [-0.2, 0) is 0 Å². The number of amides is 2. The summed E-state index contributed by atoms with van der Waals surface area (Å²) >= 11 is 0. The van der Waals surface area contributed by atoms with Crippen LogP contribution >= 0.6 is 0 Å². The number of aromatic nitrogens is 2. The number of hydrogen-bond acceptors (Lipinski definition) is 4. The fourth-order valence-electron chi connectivity index (χ4n) is 2.97. The SMILES string of the molecule is N#Cc1ccc(OCCNC(=O)N2CCCC[C@H]2c2ncc[nH]2)cc1. The maximum Gasteiger partial charge on any atom is 0.318 e. The first kappa shape index (κ1) is 16.8. The highest BCUT2D eigenvalue weighted by molar-refractivity contribution is 5.74. The van der Waals surface area contributed by atoms with Gasteiger partial charge in [0.05, 0.1) is 24.2 Å². The zero-order valence-electron chi connectivity index (χ0n) is 13.9. The lowest BCUT2D eigenvalue weighted by atomic mass is 10.0. The molecule has 2 N–H and O–H groups in total. The second kappa shape index (κ2) is 8.20. The molecule has 2 aromatic rings. The van der Waals surface area contributed by atoms with Crippen molar-refractivity contribution in [3.63, 3.8) is 0 Å². The smallest absolute Gasteiger partial charge is 0.318 e. The van der Waals surface area contributed by atoms with Crippen LogP contribution in [0.25, 0.3) is 0 Å². The van der Waals surface area contributed by atoms with Gasteiger partial charge in [0.2, 0.25) is 0 Å². The van der Waals surface area contributed by atoms with Gasteiger partial charge >= 0.3 is 6.03 Å². The van der Waals surface area contributed by atoms with Crippen molar-refractivity contribution in [1.82, 2.24) is 20.2 Å². The van der Waals surface area contributed by atoms with E-state index in [0.717, 1.165) is 31.6 Å². The molecular weight excluding hydrogens is 318 g/mol. The molecule has 1 fully saturated rings. The Bertz CT molecular complexity index is 721. The van der Waals surface area contributed by atoms with Gasteiger partial charge in [0.25, 0.3) is 0 Å². The maximum atomic E-state index is 12.5. The highest BCUT2D eigenvalue weighted by atomic mass is 16.5. The Morgan fingerprint density at radius 1 is 1.40 bits per heavy atom. The lowest BCUT2D eigenvalue weighted by molar-refractivity contribution is 0.146. The van der Waals surface area contributed by atoms with Gasteiger partial charge in [-0.3, -0.25) is 0 Å². The Labute approximate surface area is 146 Å². The Hall–Kier alpha value is -3.01. The van der Waals surface area contributed by atoms with Crippen molar-refractivity contribution in [1.29, 1.82) is 5.26 Å². The van der Waals surface area contributed by atoms with Crippen LogP contribution in [0.1, 0.15) is 36.7 Å². The van der Waals surface area contributed by atoms with Crippen molar-refractivity contribution >= 4 is 6.03 Å². The van der Waals surface area contributed by atoms with Crippen molar-refractivity contribution in [3.8, 4) is 11.8 Å². The number of likely N-dealkylation sites (tertiary alicyclic amines) is 1. The van der Waals surface area contributed by atoms with E-state index in [0.29, 0.717) is 24.5 Å². The molecule has 1 aliphatic heterocycles. The molecule has 1 aliphatic rings. The molecule has 0 radical (unpaired) electrons. The van der Waals surface area contributed by atoms with E-state index in [1.54, 1.807) is 36.7 Å². The molecular formula is C18H21N5O2. The van der Waals surface area contributed by atoms with Gasteiger partial charge in [-0.15, -0.1) is 0 Å². The number of benzene rings is 1. The normalized spacial score (nSPS) is 16.9. The van der Waals surface area contributed by atoms with Crippen LogP contribution < -0.4 is 10.1 Å². The fraction of sp³-hybridized carbons (Fsp3) is 0.389. The first-order chi connectivity index (χ1) is 12.3. The van der Waals surface area contributed by atoms with Crippen LogP contribution in [0.15, 0.2) is 36.7 Å². The number of nitrogens with one attached hydrogen (secondary N) is 2. The summed E-state index contributed by atoms with van der Waals surface area (Å²) < 4.78 is 5.58. The van der Waals surface area contributed by atoms with Crippen molar-refractivity contribution < 1.29 is 9.53 Å². The average Bonchev–Trinajstić information content (AvgIpc) is 3.20. The van der Waals surface area contributed by atoms with E-state index in [1.807, 2.05) is 4.90 Å². The minimum atomic E-state index is -0.0930. The molecule has 1 atom stereocenters. The zero-order valence-corrected chi connectivity index (χ0v) is 13.9. The third-order valence-corrected chi connectivity index (χ3v) is 4.23. The van der Waals surface area contributed by atoms with Crippen LogP contribution in [0.3, 0.4) is 0 Å². The van der Waals surface area contributed by atoms with Crippen molar-refractivity contribution in [2.45, 2.75) is 25.3 Å². The van der Waals surface area contributed by atoms with Crippen molar-refractivity contribution in [2.24, 2.45) is 0 Å². The molecule has 3 rings (SSSR count). The van der Waals surface area contributed by atoms with Gasteiger partial charge in [-0.05, 0) is 43.5 Å². The summed E-state index contributed by atoms with van der Waals surface area (Å²) in [6.07, 6.45) is 6.52. The van der Waals surface area contributed by atoms with Gasteiger partial charge in [0, 0.05) is 18.9 Å². The summed E-state index contributed by atoms with van der Waals surface area (Å²) in [7, 11) is 0. The highest BCUT2D eigenvalue weighted by Crippen LogP contribution is 2.28. The highest BCUT2D eigenvalue weighted by Gasteiger charge is 2.29. The van der Waals surface area contributed by atoms with Crippen LogP contribution in [0.4, 0.5) is 4.79 Å². The molecule has 1 aromatic carbocycles. The minimum absolute atomic E-state index is 0.00296. The summed E-state index contributed by atoms with van der Waals surface area (Å²) in [6, 6.07) is 8.88. The maximum absolute atomic E-state index is 12.5. The molecule has 0 aliphatic carbocycles. The number of nitriles is 1. The van der Waals surface area contributed by atoms with Crippen molar-refractivity contribution in [3.05, 3.63) is 48.0 Å². The molecule has 0 unspecified atom stereocenters. The molecule has 7 nitrogen and oxygen atoms in total. The predicted molar refractivity (Wildman–Crippen MR) is 91.9 cm³/mol. The molecule has 7 heteroatoms. The van der Waals surface area contributed by atoms with E-state index >= 15 is 0 Å². The average molecular weight is 339 g/mol. The van der Waals surface area contributed by atoms with Crippen LogP contribution in [0.2, 0.25) is 0 Å². The number of aromatic amines is 1. The summed E-state index contributed by atoms with van der Waals surface area (Å²) in [5.41, 5.74) is 0.592. The van der Waals surface area contributed by atoms with E-state index in [2.05, 4.69) is 21.4 Å². The van der Waals surface area contributed by atoms with E-state index < -0.39 is 0 Å². The summed E-state index contributed by atoms with van der Waals surface area (Å²) in [5, 5.41) is 11.7. The van der Waals surface area contributed by atoms with Crippen LogP contribution in [0, 0.1) is 11.3 Å². The number of carbonyl (C=O) groups is 1. The monoisotopic (exact) mass is 339 g/mol. The standard InChI is InChI=1S/C18H21N5O2/c19-13-14-4-6-15(7-5-14)25-12-10-22-18(24)23-11-2-1-3-16(23)17-20-8-9-21-17/h4-9,16H,1-3,10-12H2,(H,20,21)(H,22,24)/t16-/m0/s1. The van der Waals surface area contributed by atoms with E-state index in [1.165, 1.54) is 0 Å². The number of urea groups is 1. The first-order valence-electron chi connectivity index (χ1n) is 8.44. The molecule has 1 aromatic heterocycles. The Morgan fingerprint density at radius 3 is 2.96 bits per heavy atom. The van der Waals surface area contributed by atoms with Gasteiger partial charge in [-0.2, -0.15) is 5.26 Å². The largest absolute Gasteiger partial charge is 0.492 e. The predicted octanol–water partition coefficient (Wildman–Crippen LogP) is 2.60. The van der Waals surface area contributed by atoms with Gasteiger partial charge in [-0.25, -0.2) is 9.78 Å². The number of ether oxygens (including phenoxy) is 1. The van der Waals surface area contributed by atoms with Crippen LogP contribution in [-0.4, -0.2) is 40.6 Å². The summed E-state index contributed by atoms with van der Waals surface area (Å²) in [6.45, 7) is 1.52. The number of carbonyl (C=O) groups excluding carboxylic acids is 1. The zero-order chi connectivity index (χ0) is 17.5. The molecule has 0 spiro atoms. The molecule has 130 valence electrons. The lowest BCUT2D eigenvalue weighted by Gasteiger charge is -2.34. The topological polar surface area (TPSA) is 94.0 Å². The quantitative estimate of drug-likeness (QED) is 0.819. The fourth-order valence-corrected chi connectivity index (χ4v) is 2.97. The van der Waals surface area contributed by atoms with Gasteiger partial charge in [-0.1, -0.05) is 0 Å².